The standard InChI is InChI=1S/C10H9Cl2NO2/c1-2-3-13-8-4-6(11)7(12)5-9(8)15-10(13)14/h4-5H,2-3H2,1H3. The minimum absolute atomic E-state index is 0.370. The predicted molar refractivity (Wildman–Crippen MR) is 60.8 cm³/mol. The first-order valence-corrected chi connectivity index (χ1v) is 5.37. The third-order valence-electron chi connectivity index (χ3n) is 2.16. The molecular weight excluding hydrogens is 237 g/mol. The van der Waals surface area contributed by atoms with Crippen LogP contribution in [-0.4, -0.2) is 4.57 Å². The Balaban J connectivity index is 2.76. The maximum atomic E-state index is 11.5. The number of hydrogen-bond acceptors (Lipinski definition) is 2. The lowest BCUT2D eigenvalue weighted by Gasteiger charge is -1.99. The number of aromatic nitrogens is 1. The van der Waals surface area contributed by atoms with Gasteiger partial charge in [-0.2, -0.15) is 0 Å². The van der Waals surface area contributed by atoms with E-state index in [-0.39, 0.29) is 5.76 Å². The summed E-state index contributed by atoms with van der Waals surface area (Å²) >= 11 is 11.7. The van der Waals surface area contributed by atoms with E-state index in [9.17, 15) is 4.79 Å². The lowest BCUT2D eigenvalue weighted by atomic mass is 10.3. The highest BCUT2D eigenvalue weighted by atomic mass is 35.5. The number of oxazole rings is 1. The van der Waals surface area contributed by atoms with Gasteiger partial charge in [0.2, 0.25) is 0 Å². The molecule has 0 bridgehead atoms. The number of benzene rings is 1. The van der Waals surface area contributed by atoms with Gasteiger partial charge < -0.3 is 4.42 Å². The summed E-state index contributed by atoms with van der Waals surface area (Å²) in [7, 11) is 0. The van der Waals surface area contributed by atoms with Crippen LogP contribution in [-0.2, 0) is 6.54 Å². The maximum absolute atomic E-state index is 11.5. The number of fused-ring (bicyclic) bond motifs is 1. The van der Waals surface area contributed by atoms with E-state index in [0.717, 1.165) is 6.42 Å². The van der Waals surface area contributed by atoms with Crippen molar-refractivity contribution in [1.82, 2.24) is 4.57 Å². The summed E-state index contributed by atoms with van der Waals surface area (Å²) in [5.41, 5.74) is 1.17. The fraction of sp³-hybridized carbons (Fsp3) is 0.300. The largest absolute Gasteiger partial charge is 0.419 e. The molecule has 0 saturated heterocycles. The Morgan fingerprint density at radius 2 is 2.00 bits per heavy atom. The Hall–Kier alpha value is -0.930. The van der Waals surface area contributed by atoms with Crippen LogP contribution in [0.2, 0.25) is 10.0 Å². The van der Waals surface area contributed by atoms with Gasteiger partial charge in [-0.1, -0.05) is 30.1 Å². The van der Waals surface area contributed by atoms with E-state index >= 15 is 0 Å². The van der Waals surface area contributed by atoms with E-state index in [4.69, 9.17) is 27.6 Å². The molecule has 3 nitrogen and oxygen atoms in total. The van der Waals surface area contributed by atoms with Gasteiger partial charge in [0.15, 0.2) is 5.58 Å². The van der Waals surface area contributed by atoms with Crippen molar-refractivity contribution in [2.24, 2.45) is 0 Å². The molecule has 80 valence electrons. The molecule has 2 rings (SSSR count). The molecule has 0 unspecified atom stereocenters. The molecule has 1 heterocycles. The molecule has 0 fully saturated rings. The average molecular weight is 246 g/mol. The van der Waals surface area contributed by atoms with Gasteiger partial charge in [0.05, 0.1) is 15.6 Å². The van der Waals surface area contributed by atoms with E-state index in [1.165, 1.54) is 0 Å². The number of aryl methyl sites for hydroxylation is 1. The normalized spacial score (nSPS) is 11.1. The summed E-state index contributed by atoms with van der Waals surface area (Å²) in [6.07, 6.45) is 0.856. The zero-order valence-electron chi connectivity index (χ0n) is 8.09. The molecule has 0 N–H and O–H groups in total. The quantitative estimate of drug-likeness (QED) is 0.814. The second kappa shape index (κ2) is 3.91. The van der Waals surface area contributed by atoms with Gasteiger partial charge in [0.25, 0.3) is 0 Å². The predicted octanol–water partition coefficient (Wildman–Crippen LogP) is 3.31. The van der Waals surface area contributed by atoms with Gasteiger partial charge in [-0.3, -0.25) is 4.57 Å². The Labute approximate surface area is 96.2 Å². The fourth-order valence-corrected chi connectivity index (χ4v) is 1.81. The molecule has 0 aliphatic rings. The van der Waals surface area contributed by atoms with Gasteiger partial charge in [0.1, 0.15) is 0 Å². The smallest absolute Gasteiger partial charge is 0.408 e. The average Bonchev–Trinajstić information content (AvgIpc) is 2.46. The molecule has 0 spiro atoms. The van der Waals surface area contributed by atoms with E-state index in [1.54, 1.807) is 16.7 Å². The van der Waals surface area contributed by atoms with Crippen LogP contribution in [0.25, 0.3) is 11.1 Å². The third-order valence-corrected chi connectivity index (χ3v) is 2.88. The van der Waals surface area contributed by atoms with E-state index in [0.29, 0.717) is 27.7 Å². The Bertz CT molecular complexity index is 556. The lowest BCUT2D eigenvalue weighted by molar-refractivity contribution is 0.502. The molecule has 0 amide bonds. The van der Waals surface area contributed by atoms with Gasteiger partial charge in [0, 0.05) is 12.6 Å². The SMILES string of the molecule is CCCn1c(=O)oc2cc(Cl)c(Cl)cc21. The summed E-state index contributed by atoms with van der Waals surface area (Å²) in [6, 6.07) is 3.21. The monoisotopic (exact) mass is 245 g/mol. The van der Waals surface area contributed by atoms with Crippen molar-refractivity contribution in [2.45, 2.75) is 19.9 Å². The van der Waals surface area contributed by atoms with Crippen LogP contribution in [0, 0.1) is 0 Å². The van der Waals surface area contributed by atoms with Crippen LogP contribution in [0.15, 0.2) is 21.3 Å². The summed E-state index contributed by atoms with van der Waals surface area (Å²) in [5, 5.41) is 0.816. The zero-order valence-corrected chi connectivity index (χ0v) is 9.60. The highest BCUT2D eigenvalue weighted by Gasteiger charge is 2.10. The summed E-state index contributed by atoms with van der Waals surface area (Å²) < 4.78 is 6.60. The van der Waals surface area contributed by atoms with E-state index in [1.807, 2.05) is 6.92 Å². The van der Waals surface area contributed by atoms with Crippen LogP contribution in [0.4, 0.5) is 0 Å². The summed E-state index contributed by atoms with van der Waals surface area (Å²) in [4.78, 5) is 11.5. The number of halogens is 2. The molecule has 0 saturated carbocycles. The van der Waals surface area contributed by atoms with Crippen LogP contribution >= 0.6 is 23.2 Å². The maximum Gasteiger partial charge on any atom is 0.419 e. The highest BCUT2D eigenvalue weighted by Crippen LogP contribution is 2.27. The minimum Gasteiger partial charge on any atom is -0.408 e. The van der Waals surface area contributed by atoms with Gasteiger partial charge in [-0.25, -0.2) is 4.79 Å². The molecule has 15 heavy (non-hydrogen) atoms. The molecule has 0 radical (unpaired) electrons. The van der Waals surface area contributed by atoms with Crippen molar-refractivity contribution >= 4 is 34.3 Å². The molecule has 0 aliphatic heterocycles. The first-order valence-electron chi connectivity index (χ1n) is 4.62. The highest BCUT2D eigenvalue weighted by molar-refractivity contribution is 6.42. The lowest BCUT2D eigenvalue weighted by Crippen LogP contribution is -2.13. The van der Waals surface area contributed by atoms with Crippen LogP contribution in [0.3, 0.4) is 0 Å². The van der Waals surface area contributed by atoms with Crippen molar-refractivity contribution in [1.29, 1.82) is 0 Å². The molecule has 0 atom stereocenters. The van der Waals surface area contributed by atoms with Crippen LogP contribution in [0.1, 0.15) is 13.3 Å². The van der Waals surface area contributed by atoms with Crippen molar-refractivity contribution in [2.75, 3.05) is 0 Å². The minimum atomic E-state index is -0.370. The molecule has 0 aliphatic carbocycles. The molecule has 1 aromatic heterocycles. The topological polar surface area (TPSA) is 35.1 Å². The number of nitrogens with zero attached hydrogens (tertiary/aromatic N) is 1. The van der Waals surface area contributed by atoms with E-state index < -0.39 is 0 Å². The van der Waals surface area contributed by atoms with Crippen molar-refractivity contribution < 1.29 is 4.42 Å². The molecular formula is C10H9Cl2NO2. The third kappa shape index (κ3) is 1.77. The number of rotatable bonds is 2. The van der Waals surface area contributed by atoms with E-state index in [2.05, 4.69) is 0 Å². The van der Waals surface area contributed by atoms with Gasteiger partial charge >= 0.3 is 5.76 Å². The Morgan fingerprint density at radius 3 is 2.67 bits per heavy atom. The first-order chi connectivity index (χ1) is 7.13. The van der Waals surface area contributed by atoms with Crippen LogP contribution in [0.5, 0.6) is 0 Å². The molecule has 2 aromatic rings. The second-order valence-electron chi connectivity index (χ2n) is 3.25. The first kappa shape index (κ1) is 10.6. The van der Waals surface area contributed by atoms with Crippen molar-refractivity contribution in [3.05, 3.63) is 32.7 Å². The Morgan fingerprint density at radius 1 is 1.33 bits per heavy atom. The second-order valence-corrected chi connectivity index (χ2v) is 4.07. The van der Waals surface area contributed by atoms with Crippen molar-refractivity contribution in [3.8, 4) is 0 Å². The zero-order chi connectivity index (χ0) is 11.0. The number of hydrogen-bond donors (Lipinski definition) is 0. The van der Waals surface area contributed by atoms with Gasteiger partial charge in [-0.05, 0) is 12.5 Å². The Kier molecular flexibility index (Phi) is 2.76. The summed E-state index contributed by atoms with van der Waals surface area (Å²) in [6.45, 7) is 2.60. The van der Waals surface area contributed by atoms with Gasteiger partial charge in [-0.15, -0.1) is 0 Å². The van der Waals surface area contributed by atoms with Crippen molar-refractivity contribution in [3.63, 3.8) is 0 Å². The summed E-state index contributed by atoms with van der Waals surface area (Å²) in [5.74, 6) is -0.370. The molecule has 1 aromatic carbocycles. The van der Waals surface area contributed by atoms with Crippen LogP contribution < -0.4 is 5.76 Å². The fourth-order valence-electron chi connectivity index (χ4n) is 1.49. The molecule has 5 heteroatoms.